The van der Waals surface area contributed by atoms with Crippen LogP contribution in [0.2, 0.25) is 0 Å². The number of likely N-dealkylation sites (tertiary alicyclic amines) is 1. The number of nitrogens with two attached hydrogens (primary N) is 1. The zero-order valence-electron chi connectivity index (χ0n) is 19.1. The lowest BCUT2D eigenvalue weighted by molar-refractivity contribution is 0.0706. The van der Waals surface area contributed by atoms with Crippen molar-refractivity contribution in [2.24, 2.45) is 5.73 Å². The Kier molecular flexibility index (Phi) is 7.15. The summed E-state index contributed by atoms with van der Waals surface area (Å²) in [6.45, 7) is 1.71. The van der Waals surface area contributed by atoms with Crippen molar-refractivity contribution in [1.82, 2.24) is 4.90 Å². The fourth-order valence-corrected chi connectivity index (χ4v) is 4.38. The topological polar surface area (TPSA) is 74.0 Å². The van der Waals surface area contributed by atoms with Gasteiger partial charge in [0, 0.05) is 31.1 Å². The van der Waals surface area contributed by atoms with E-state index >= 15 is 0 Å². The molecule has 0 aromatic heterocycles. The maximum absolute atomic E-state index is 13.4. The third kappa shape index (κ3) is 4.96. The molecule has 3 aromatic carbocycles. The Morgan fingerprint density at radius 3 is 2.42 bits per heavy atom. The summed E-state index contributed by atoms with van der Waals surface area (Å²) in [5, 5.41) is 0. The molecule has 33 heavy (non-hydrogen) atoms. The molecule has 6 heteroatoms. The van der Waals surface area contributed by atoms with Crippen LogP contribution in [0.1, 0.15) is 40.2 Å². The lowest BCUT2D eigenvalue weighted by Crippen LogP contribution is -2.39. The first kappa shape index (κ1) is 22.7. The van der Waals surface area contributed by atoms with Gasteiger partial charge in [-0.15, -0.1) is 0 Å². The van der Waals surface area contributed by atoms with Crippen LogP contribution in [0.15, 0.2) is 66.7 Å². The molecule has 3 aromatic rings. The van der Waals surface area contributed by atoms with Gasteiger partial charge in [-0.1, -0.05) is 36.4 Å². The van der Waals surface area contributed by atoms with Crippen molar-refractivity contribution in [3.05, 3.63) is 83.4 Å². The molecule has 1 aliphatic rings. The fraction of sp³-hybridized carbons (Fsp3) is 0.296. The number of ether oxygens (including phenoxy) is 3. The predicted molar refractivity (Wildman–Crippen MR) is 128 cm³/mol. The minimum absolute atomic E-state index is 0.00664. The average Bonchev–Trinajstić information content (AvgIpc) is 2.88. The third-order valence-corrected chi connectivity index (χ3v) is 6.12. The van der Waals surface area contributed by atoms with Gasteiger partial charge in [-0.2, -0.15) is 0 Å². The summed E-state index contributed by atoms with van der Waals surface area (Å²) in [4.78, 5) is 15.3. The Hall–Kier alpha value is -3.51. The Morgan fingerprint density at radius 1 is 0.939 bits per heavy atom. The van der Waals surface area contributed by atoms with Crippen LogP contribution in [0.3, 0.4) is 0 Å². The molecule has 0 radical (unpaired) electrons. The smallest absolute Gasteiger partial charge is 0.254 e. The first-order valence-electron chi connectivity index (χ1n) is 11.2. The molecule has 0 saturated carbocycles. The number of piperidine rings is 1. The average molecular weight is 447 g/mol. The second-order valence-electron chi connectivity index (χ2n) is 8.11. The van der Waals surface area contributed by atoms with Gasteiger partial charge in [0.1, 0.15) is 11.5 Å². The van der Waals surface area contributed by atoms with Crippen molar-refractivity contribution >= 4 is 5.91 Å². The molecule has 1 heterocycles. The van der Waals surface area contributed by atoms with Crippen molar-refractivity contribution in [1.29, 1.82) is 0 Å². The van der Waals surface area contributed by atoms with Crippen molar-refractivity contribution in [2.45, 2.75) is 25.3 Å². The molecule has 6 nitrogen and oxygen atoms in total. The molecule has 1 saturated heterocycles. The Labute approximate surface area is 194 Å². The lowest BCUT2D eigenvalue weighted by Gasteiger charge is -2.33. The second-order valence-corrected chi connectivity index (χ2v) is 8.11. The molecule has 4 rings (SSSR count). The third-order valence-electron chi connectivity index (χ3n) is 6.12. The van der Waals surface area contributed by atoms with E-state index in [-0.39, 0.29) is 12.5 Å². The number of nitrogens with zero attached hydrogens (tertiary/aromatic N) is 1. The lowest BCUT2D eigenvalue weighted by atomic mass is 9.90. The highest BCUT2D eigenvalue weighted by molar-refractivity contribution is 5.95. The molecule has 172 valence electrons. The Morgan fingerprint density at radius 2 is 1.70 bits per heavy atom. The first-order valence-corrected chi connectivity index (χ1v) is 11.2. The van der Waals surface area contributed by atoms with Gasteiger partial charge in [0.15, 0.2) is 11.5 Å². The van der Waals surface area contributed by atoms with E-state index < -0.39 is 0 Å². The number of rotatable bonds is 7. The van der Waals surface area contributed by atoms with E-state index in [0.29, 0.717) is 41.0 Å². The quantitative estimate of drug-likeness (QED) is 0.554. The summed E-state index contributed by atoms with van der Waals surface area (Å²) < 4.78 is 17.1. The largest absolute Gasteiger partial charge is 0.496 e. The van der Waals surface area contributed by atoms with Crippen LogP contribution in [0.5, 0.6) is 23.0 Å². The highest BCUT2D eigenvalue weighted by Crippen LogP contribution is 2.37. The normalized spacial score (nSPS) is 15.7. The van der Waals surface area contributed by atoms with Crippen LogP contribution in [-0.4, -0.2) is 38.1 Å². The van der Waals surface area contributed by atoms with Gasteiger partial charge >= 0.3 is 0 Å². The highest BCUT2D eigenvalue weighted by Gasteiger charge is 2.26. The van der Waals surface area contributed by atoms with Gasteiger partial charge in [0.25, 0.3) is 5.91 Å². The number of carbonyl (C=O) groups excluding carboxylic acids is 1. The van der Waals surface area contributed by atoms with E-state index in [0.717, 1.165) is 24.9 Å². The molecular weight excluding hydrogens is 416 g/mol. The van der Waals surface area contributed by atoms with Crippen LogP contribution >= 0.6 is 0 Å². The number of benzene rings is 3. The molecule has 0 spiro atoms. The van der Waals surface area contributed by atoms with E-state index in [4.69, 9.17) is 19.9 Å². The molecule has 0 bridgehead atoms. The maximum Gasteiger partial charge on any atom is 0.254 e. The zero-order valence-corrected chi connectivity index (χ0v) is 19.1. The van der Waals surface area contributed by atoms with Gasteiger partial charge in [0.05, 0.1) is 19.8 Å². The van der Waals surface area contributed by atoms with E-state index in [9.17, 15) is 4.79 Å². The zero-order chi connectivity index (χ0) is 23.2. The Bertz CT molecular complexity index is 1100. The number of hydrogen-bond donors (Lipinski definition) is 1. The minimum Gasteiger partial charge on any atom is -0.496 e. The number of carbonyl (C=O) groups is 1. The second kappa shape index (κ2) is 10.4. The molecule has 1 amide bonds. The van der Waals surface area contributed by atoms with Crippen molar-refractivity contribution < 1.29 is 19.0 Å². The number of amides is 1. The summed E-state index contributed by atoms with van der Waals surface area (Å²) in [5.74, 6) is 2.57. The van der Waals surface area contributed by atoms with Gasteiger partial charge in [-0.05, 0) is 48.7 Å². The molecule has 0 aliphatic carbocycles. The highest BCUT2D eigenvalue weighted by atomic mass is 16.5. The first-order chi connectivity index (χ1) is 16.1. The van der Waals surface area contributed by atoms with E-state index in [1.165, 1.54) is 5.56 Å². The number of methoxy groups -OCH3 is 2. The van der Waals surface area contributed by atoms with E-state index in [1.54, 1.807) is 32.4 Å². The van der Waals surface area contributed by atoms with Gasteiger partial charge in [-0.3, -0.25) is 4.79 Å². The van der Waals surface area contributed by atoms with Crippen LogP contribution in [0.4, 0.5) is 0 Å². The molecule has 1 unspecified atom stereocenters. The number of hydrogen-bond acceptors (Lipinski definition) is 5. The van der Waals surface area contributed by atoms with Crippen LogP contribution in [0, 0.1) is 0 Å². The predicted octanol–water partition coefficient (Wildman–Crippen LogP) is 4.97. The molecular formula is C27H30N2O4. The summed E-state index contributed by atoms with van der Waals surface area (Å²) >= 11 is 0. The van der Waals surface area contributed by atoms with Crippen LogP contribution in [0.25, 0.3) is 0 Å². The van der Waals surface area contributed by atoms with Gasteiger partial charge < -0.3 is 24.8 Å². The summed E-state index contributed by atoms with van der Waals surface area (Å²) in [5.41, 5.74) is 8.53. The van der Waals surface area contributed by atoms with Crippen LogP contribution < -0.4 is 19.9 Å². The van der Waals surface area contributed by atoms with Crippen molar-refractivity contribution in [3.63, 3.8) is 0 Å². The molecule has 1 aliphatic heterocycles. The van der Waals surface area contributed by atoms with E-state index in [2.05, 4.69) is 24.3 Å². The maximum atomic E-state index is 13.4. The molecule has 1 fully saturated rings. The van der Waals surface area contributed by atoms with Crippen molar-refractivity contribution in [3.8, 4) is 23.0 Å². The fourth-order valence-electron chi connectivity index (χ4n) is 4.38. The molecule has 2 N–H and O–H groups in total. The van der Waals surface area contributed by atoms with Gasteiger partial charge in [-0.25, -0.2) is 0 Å². The van der Waals surface area contributed by atoms with Crippen molar-refractivity contribution in [2.75, 3.05) is 27.3 Å². The summed E-state index contributed by atoms with van der Waals surface area (Å²) in [7, 11) is 3.17. The van der Waals surface area contributed by atoms with Crippen LogP contribution in [-0.2, 0) is 6.54 Å². The SMILES string of the molecule is COc1ccc(C(=O)N2CCCC(c3ccccc3)C2)cc1Oc1cccc(OC)c1CN. The van der Waals surface area contributed by atoms with Gasteiger partial charge in [0.2, 0.25) is 0 Å². The van der Waals surface area contributed by atoms with E-state index in [1.807, 2.05) is 29.2 Å². The standard InChI is InChI=1S/C27H30N2O4/c1-31-23-11-6-12-24(22(23)17-28)33-26-16-20(13-14-25(26)32-2)27(30)29-15-7-10-21(18-29)19-8-4-3-5-9-19/h3-6,8-9,11-14,16,21H,7,10,15,17-18,28H2,1-2H3. The Balaban J connectivity index is 1.58. The summed E-state index contributed by atoms with van der Waals surface area (Å²) in [6.07, 6.45) is 2.07. The molecule has 1 atom stereocenters. The summed E-state index contributed by atoms with van der Waals surface area (Å²) in [6, 6.07) is 21.2. The monoisotopic (exact) mass is 446 g/mol. The minimum atomic E-state index is -0.00664.